The molecule has 0 spiro atoms. The molecule has 0 aromatic heterocycles. The van der Waals surface area contributed by atoms with E-state index in [0.717, 1.165) is 44.8 Å². The van der Waals surface area contributed by atoms with Gasteiger partial charge in [-0.1, -0.05) is 56.5 Å². The Morgan fingerprint density at radius 3 is 2.24 bits per heavy atom. The second kappa shape index (κ2) is 11.3. The molecule has 2 aliphatic rings. The van der Waals surface area contributed by atoms with Gasteiger partial charge in [-0.15, -0.1) is 0 Å². The highest BCUT2D eigenvalue weighted by molar-refractivity contribution is 5.73. The maximum absolute atomic E-state index is 11.3. The van der Waals surface area contributed by atoms with Gasteiger partial charge in [0.2, 0.25) is 5.91 Å². The SMILES string of the molecule is CCCN(C(C)=O)C1CCNCC1.c1ccc(C2CCCCC2)cc1. The Hall–Kier alpha value is -1.35. The number of benzene rings is 1. The van der Waals surface area contributed by atoms with Crippen molar-refractivity contribution in [3.8, 4) is 0 Å². The van der Waals surface area contributed by atoms with Crippen LogP contribution >= 0.6 is 0 Å². The van der Waals surface area contributed by atoms with E-state index in [1.165, 1.54) is 32.1 Å². The molecule has 3 nitrogen and oxygen atoms in total. The standard InChI is InChI=1S/C12H16.C10H20N2O/c1-3-7-11(8-4-1)12-9-5-2-6-10-12;1-3-8-12(9(2)13)10-4-6-11-7-5-10/h1,3-4,7-8,12H,2,5-6,9-10H2;10-11H,3-8H2,1-2H3. The van der Waals surface area contributed by atoms with Crippen molar-refractivity contribution in [1.82, 2.24) is 10.2 Å². The quantitative estimate of drug-likeness (QED) is 0.856. The third kappa shape index (κ3) is 6.81. The molecule has 2 fully saturated rings. The zero-order chi connectivity index (χ0) is 17.9. The average Bonchev–Trinajstić information content (AvgIpc) is 2.68. The Bertz CT molecular complexity index is 476. The molecule has 0 atom stereocenters. The molecule has 3 heteroatoms. The van der Waals surface area contributed by atoms with Crippen molar-refractivity contribution in [2.45, 2.75) is 77.2 Å². The van der Waals surface area contributed by atoms with E-state index in [9.17, 15) is 4.79 Å². The monoisotopic (exact) mass is 344 g/mol. The smallest absolute Gasteiger partial charge is 0.219 e. The van der Waals surface area contributed by atoms with E-state index in [0.29, 0.717) is 6.04 Å². The van der Waals surface area contributed by atoms with Crippen molar-refractivity contribution in [3.63, 3.8) is 0 Å². The molecule has 1 amide bonds. The summed E-state index contributed by atoms with van der Waals surface area (Å²) in [5.41, 5.74) is 1.55. The number of nitrogens with zero attached hydrogens (tertiary/aromatic N) is 1. The van der Waals surface area contributed by atoms with Crippen LogP contribution in [0, 0.1) is 0 Å². The summed E-state index contributed by atoms with van der Waals surface area (Å²) in [7, 11) is 0. The number of hydrogen-bond acceptors (Lipinski definition) is 2. The molecule has 1 aliphatic heterocycles. The van der Waals surface area contributed by atoms with Crippen molar-refractivity contribution in [3.05, 3.63) is 35.9 Å². The van der Waals surface area contributed by atoms with Crippen LogP contribution in [-0.4, -0.2) is 36.5 Å². The number of carbonyl (C=O) groups excluding carboxylic acids is 1. The van der Waals surface area contributed by atoms with Gasteiger partial charge in [0.05, 0.1) is 0 Å². The lowest BCUT2D eigenvalue weighted by molar-refractivity contribution is -0.131. The number of carbonyl (C=O) groups is 1. The number of piperidine rings is 1. The summed E-state index contributed by atoms with van der Waals surface area (Å²) in [5, 5.41) is 3.31. The maximum Gasteiger partial charge on any atom is 0.219 e. The van der Waals surface area contributed by atoms with E-state index in [4.69, 9.17) is 0 Å². The molecule has 1 N–H and O–H groups in total. The summed E-state index contributed by atoms with van der Waals surface area (Å²) in [5.74, 6) is 1.09. The first-order valence-electron chi connectivity index (χ1n) is 10.2. The Morgan fingerprint density at radius 2 is 1.68 bits per heavy atom. The predicted octanol–water partition coefficient (Wildman–Crippen LogP) is 4.73. The molecule has 1 saturated heterocycles. The number of rotatable bonds is 4. The maximum atomic E-state index is 11.3. The van der Waals surface area contributed by atoms with Crippen LogP contribution in [0.4, 0.5) is 0 Å². The molecule has 140 valence electrons. The van der Waals surface area contributed by atoms with Crippen LogP contribution in [0.1, 0.15) is 76.7 Å². The minimum absolute atomic E-state index is 0.230. The zero-order valence-electron chi connectivity index (χ0n) is 16.2. The minimum Gasteiger partial charge on any atom is -0.340 e. The molecule has 25 heavy (non-hydrogen) atoms. The van der Waals surface area contributed by atoms with Gasteiger partial charge in [-0.3, -0.25) is 4.79 Å². The van der Waals surface area contributed by atoms with Gasteiger partial charge in [0, 0.05) is 19.5 Å². The molecular formula is C22H36N2O. The third-order valence-corrected chi connectivity index (χ3v) is 5.49. The molecule has 1 heterocycles. The van der Waals surface area contributed by atoms with E-state index in [2.05, 4.69) is 42.6 Å². The summed E-state index contributed by atoms with van der Waals surface area (Å²) in [4.78, 5) is 13.4. The third-order valence-electron chi connectivity index (χ3n) is 5.49. The van der Waals surface area contributed by atoms with Crippen molar-refractivity contribution < 1.29 is 4.79 Å². The average molecular weight is 345 g/mol. The Labute approximate surface area is 154 Å². The largest absolute Gasteiger partial charge is 0.340 e. The Morgan fingerprint density at radius 1 is 1.04 bits per heavy atom. The summed E-state index contributed by atoms with van der Waals surface area (Å²) in [6.45, 7) is 6.82. The van der Waals surface area contributed by atoms with Gasteiger partial charge in [-0.25, -0.2) is 0 Å². The molecule has 3 rings (SSSR count). The number of amides is 1. The molecule has 0 bridgehead atoms. The summed E-state index contributed by atoms with van der Waals surface area (Å²) >= 11 is 0. The van der Waals surface area contributed by atoms with Crippen LogP contribution in [0.25, 0.3) is 0 Å². The lowest BCUT2D eigenvalue weighted by Gasteiger charge is -2.33. The lowest BCUT2D eigenvalue weighted by Crippen LogP contribution is -2.45. The molecular weight excluding hydrogens is 308 g/mol. The van der Waals surface area contributed by atoms with Crippen LogP contribution in [-0.2, 0) is 4.79 Å². The Balaban J connectivity index is 0.000000181. The molecule has 1 aromatic rings. The fourth-order valence-electron chi connectivity index (χ4n) is 4.12. The van der Waals surface area contributed by atoms with E-state index >= 15 is 0 Å². The van der Waals surface area contributed by atoms with E-state index < -0.39 is 0 Å². The highest BCUT2D eigenvalue weighted by Crippen LogP contribution is 2.32. The van der Waals surface area contributed by atoms with E-state index in [1.807, 2.05) is 4.90 Å². The van der Waals surface area contributed by atoms with Gasteiger partial charge in [0.25, 0.3) is 0 Å². The fraction of sp³-hybridized carbons (Fsp3) is 0.682. The number of nitrogens with one attached hydrogen (secondary N) is 1. The lowest BCUT2D eigenvalue weighted by atomic mass is 9.84. The zero-order valence-corrected chi connectivity index (χ0v) is 16.2. The van der Waals surface area contributed by atoms with Gasteiger partial charge < -0.3 is 10.2 Å². The van der Waals surface area contributed by atoms with Crippen molar-refractivity contribution in [2.75, 3.05) is 19.6 Å². The second-order valence-electron chi connectivity index (χ2n) is 7.44. The summed E-state index contributed by atoms with van der Waals surface area (Å²) in [6.07, 6.45) is 10.4. The van der Waals surface area contributed by atoms with Crippen molar-refractivity contribution in [1.29, 1.82) is 0 Å². The fourth-order valence-corrected chi connectivity index (χ4v) is 4.12. The van der Waals surface area contributed by atoms with Crippen LogP contribution in [0.3, 0.4) is 0 Å². The highest BCUT2D eigenvalue weighted by Gasteiger charge is 2.21. The predicted molar refractivity (Wildman–Crippen MR) is 106 cm³/mol. The van der Waals surface area contributed by atoms with Gasteiger partial charge in [0.1, 0.15) is 0 Å². The molecule has 0 radical (unpaired) electrons. The second-order valence-corrected chi connectivity index (χ2v) is 7.44. The van der Waals surface area contributed by atoms with Crippen LogP contribution in [0.5, 0.6) is 0 Å². The van der Waals surface area contributed by atoms with Gasteiger partial charge in [0.15, 0.2) is 0 Å². The minimum atomic E-state index is 0.230. The van der Waals surface area contributed by atoms with Crippen LogP contribution < -0.4 is 5.32 Å². The normalized spacial score (nSPS) is 19.0. The van der Waals surface area contributed by atoms with Gasteiger partial charge in [-0.05, 0) is 56.7 Å². The summed E-state index contributed by atoms with van der Waals surface area (Å²) < 4.78 is 0. The highest BCUT2D eigenvalue weighted by atomic mass is 16.2. The Kier molecular flexibility index (Phi) is 9.03. The topological polar surface area (TPSA) is 32.3 Å². The number of hydrogen-bond donors (Lipinski definition) is 1. The first-order valence-corrected chi connectivity index (χ1v) is 10.2. The van der Waals surface area contributed by atoms with E-state index in [-0.39, 0.29) is 5.91 Å². The first-order chi connectivity index (χ1) is 12.2. The van der Waals surface area contributed by atoms with Gasteiger partial charge in [-0.2, -0.15) is 0 Å². The summed E-state index contributed by atoms with van der Waals surface area (Å²) in [6, 6.07) is 11.4. The molecule has 1 saturated carbocycles. The van der Waals surface area contributed by atoms with Crippen LogP contribution in [0.15, 0.2) is 30.3 Å². The van der Waals surface area contributed by atoms with Crippen molar-refractivity contribution in [2.24, 2.45) is 0 Å². The van der Waals surface area contributed by atoms with Gasteiger partial charge >= 0.3 is 0 Å². The molecule has 1 aromatic carbocycles. The van der Waals surface area contributed by atoms with Crippen molar-refractivity contribution >= 4 is 5.91 Å². The van der Waals surface area contributed by atoms with E-state index in [1.54, 1.807) is 12.5 Å². The molecule has 1 aliphatic carbocycles. The first kappa shape index (κ1) is 20.0. The van der Waals surface area contributed by atoms with Crippen LogP contribution in [0.2, 0.25) is 0 Å². The molecule has 0 unspecified atom stereocenters.